The number of aromatic nitrogens is 3. The van der Waals surface area contributed by atoms with Crippen LogP contribution < -0.4 is 16.0 Å². The Morgan fingerprint density at radius 1 is 0.875 bits per heavy atom. The number of benzene rings is 2. The predicted molar refractivity (Wildman–Crippen MR) is 131 cm³/mol. The fourth-order valence-corrected chi connectivity index (χ4v) is 3.25. The fraction of sp³-hybridized carbons (Fsp3) is 0.0870. The molecule has 0 fully saturated rings. The lowest BCUT2D eigenvalue weighted by Crippen LogP contribution is -2.26. The summed E-state index contributed by atoms with van der Waals surface area (Å²) in [6.07, 6.45) is 1.71. The lowest BCUT2D eigenvalue weighted by atomic mass is 10.2. The molecule has 0 aliphatic carbocycles. The van der Waals surface area contributed by atoms with E-state index in [4.69, 9.17) is 12.2 Å². The van der Waals surface area contributed by atoms with E-state index < -0.39 is 0 Å². The van der Waals surface area contributed by atoms with Gasteiger partial charge in [0.15, 0.2) is 0 Å². The zero-order valence-corrected chi connectivity index (χ0v) is 18.2. The molecule has 32 heavy (non-hydrogen) atoms. The molecule has 0 spiro atoms. The van der Waals surface area contributed by atoms with E-state index in [1.54, 1.807) is 18.3 Å². The van der Waals surface area contributed by atoms with Gasteiger partial charge in [-0.3, -0.25) is 10.3 Å². The molecule has 0 saturated carbocycles. The summed E-state index contributed by atoms with van der Waals surface area (Å²) in [6.45, 7) is 3.77. The maximum absolute atomic E-state index is 13.2. The van der Waals surface area contributed by atoms with Crippen LogP contribution in [0, 0.1) is 19.7 Å². The lowest BCUT2D eigenvalue weighted by molar-refractivity contribution is 0.628. The third-order valence-electron chi connectivity index (χ3n) is 4.37. The third kappa shape index (κ3) is 5.58. The van der Waals surface area contributed by atoms with E-state index in [9.17, 15) is 4.39 Å². The molecule has 0 saturated heterocycles. The number of aliphatic imine (C=N–C) groups is 1. The molecule has 160 valence electrons. The topological polar surface area (TPSA) is 87.1 Å². The number of rotatable bonds is 3. The highest BCUT2D eigenvalue weighted by atomic mass is 32.1. The summed E-state index contributed by atoms with van der Waals surface area (Å²) < 4.78 is 13.2. The van der Waals surface area contributed by atoms with Gasteiger partial charge >= 0.3 is 0 Å². The van der Waals surface area contributed by atoms with Gasteiger partial charge in [-0.2, -0.15) is 4.99 Å². The van der Waals surface area contributed by atoms with E-state index >= 15 is 0 Å². The van der Waals surface area contributed by atoms with Crippen molar-refractivity contribution in [2.24, 2.45) is 4.99 Å². The quantitative estimate of drug-likeness (QED) is 0.231. The van der Waals surface area contributed by atoms with E-state index in [2.05, 4.69) is 35.9 Å². The predicted octanol–water partition coefficient (Wildman–Crippen LogP) is 5.06. The van der Waals surface area contributed by atoms with Crippen LogP contribution in [-0.2, 0) is 0 Å². The van der Waals surface area contributed by atoms with Gasteiger partial charge in [-0.1, -0.05) is 18.2 Å². The van der Waals surface area contributed by atoms with Gasteiger partial charge in [0.1, 0.15) is 5.82 Å². The van der Waals surface area contributed by atoms with E-state index in [0.29, 0.717) is 23.3 Å². The Morgan fingerprint density at radius 2 is 1.59 bits per heavy atom. The van der Waals surface area contributed by atoms with Crippen LogP contribution in [0.1, 0.15) is 11.4 Å². The van der Waals surface area contributed by atoms with Gasteiger partial charge in [0.05, 0.1) is 17.4 Å². The zero-order chi connectivity index (χ0) is 22.5. The van der Waals surface area contributed by atoms with Gasteiger partial charge in [-0.05, 0) is 68.5 Å². The molecule has 4 aromatic rings. The first-order valence-electron chi connectivity index (χ1n) is 9.81. The van der Waals surface area contributed by atoms with Gasteiger partial charge in [-0.25, -0.2) is 14.4 Å². The van der Waals surface area contributed by atoms with Crippen molar-refractivity contribution in [3.05, 3.63) is 84.1 Å². The first-order chi connectivity index (χ1) is 15.4. The Kier molecular flexibility index (Phi) is 6.27. The largest absolute Gasteiger partial charge is 0.331 e. The number of hydrogen-bond donors (Lipinski definition) is 3. The number of nitrogens with one attached hydrogen (secondary N) is 3. The Morgan fingerprint density at radius 3 is 2.34 bits per heavy atom. The average Bonchev–Trinajstić information content (AvgIpc) is 2.74. The number of halogens is 1. The van der Waals surface area contributed by atoms with Crippen LogP contribution in [0.5, 0.6) is 0 Å². The molecule has 0 radical (unpaired) electrons. The number of fused-ring (bicyclic) bond motifs is 1. The van der Waals surface area contributed by atoms with Crippen LogP contribution >= 0.6 is 12.2 Å². The number of pyridine rings is 1. The summed E-state index contributed by atoms with van der Waals surface area (Å²) in [5, 5.41) is 10.4. The molecule has 0 bridgehead atoms. The number of aryl methyl sites for hydroxylation is 2. The van der Waals surface area contributed by atoms with E-state index in [-0.39, 0.29) is 10.9 Å². The van der Waals surface area contributed by atoms with Crippen molar-refractivity contribution in [1.29, 1.82) is 0 Å². The Bertz CT molecular complexity index is 1290. The second-order valence-corrected chi connectivity index (χ2v) is 7.43. The average molecular weight is 446 g/mol. The molecule has 2 heterocycles. The standard InChI is InChI=1S/C23H20FN7S/c1-14-11-15(2)27-21(26-14)30-22(31-23(32)29-18-9-7-17(24)8-10-18)28-19-12-16-5-3-4-6-20(16)25-13-19/h3-13H,1-2H3,(H3,26,27,28,29,30,31,32). The fourth-order valence-electron chi connectivity index (χ4n) is 3.04. The summed E-state index contributed by atoms with van der Waals surface area (Å²) >= 11 is 5.38. The molecule has 0 amide bonds. The van der Waals surface area contributed by atoms with E-state index in [1.165, 1.54) is 12.1 Å². The Hall–Kier alpha value is -3.98. The van der Waals surface area contributed by atoms with Crippen molar-refractivity contribution >= 4 is 51.5 Å². The van der Waals surface area contributed by atoms with E-state index in [0.717, 1.165) is 22.3 Å². The molecular formula is C23H20FN7S. The lowest BCUT2D eigenvalue weighted by Gasteiger charge is -2.13. The number of hydrogen-bond acceptors (Lipinski definition) is 4. The van der Waals surface area contributed by atoms with Gasteiger partial charge in [0.2, 0.25) is 17.0 Å². The van der Waals surface area contributed by atoms with Crippen LogP contribution in [0.15, 0.2) is 71.9 Å². The highest BCUT2D eigenvalue weighted by Gasteiger charge is 2.08. The molecule has 0 aliphatic heterocycles. The smallest absolute Gasteiger partial charge is 0.229 e. The SMILES string of the molecule is Cc1cc(C)nc(N/C(=N\C(=S)Nc2ccc(F)cc2)Nc2cnc3ccccc3c2)n1. The molecule has 9 heteroatoms. The van der Waals surface area contributed by atoms with E-state index in [1.807, 2.05) is 50.2 Å². The molecule has 2 aromatic carbocycles. The number of thiocarbonyl (C=S) groups is 1. The molecule has 7 nitrogen and oxygen atoms in total. The van der Waals surface area contributed by atoms with Crippen LogP contribution in [0.25, 0.3) is 10.9 Å². The zero-order valence-electron chi connectivity index (χ0n) is 17.4. The monoisotopic (exact) mass is 445 g/mol. The third-order valence-corrected chi connectivity index (χ3v) is 4.57. The minimum Gasteiger partial charge on any atom is -0.331 e. The van der Waals surface area contributed by atoms with Crippen LogP contribution in [0.3, 0.4) is 0 Å². The Labute approximate surface area is 189 Å². The summed E-state index contributed by atoms with van der Waals surface area (Å²) in [4.78, 5) is 17.7. The van der Waals surface area contributed by atoms with Crippen LogP contribution in [0.4, 0.5) is 21.7 Å². The van der Waals surface area contributed by atoms with Crippen LogP contribution in [-0.4, -0.2) is 26.0 Å². The van der Waals surface area contributed by atoms with Crippen molar-refractivity contribution in [2.45, 2.75) is 13.8 Å². The molecular weight excluding hydrogens is 425 g/mol. The molecule has 4 rings (SSSR count). The van der Waals surface area contributed by atoms with Crippen molar-refractivity contribution in [2.75, 3.05) is 16.0 Å². The maximum atomic E-state index is 13.2. The number of anilines is 3. The van der Waals surface area contributed by atoms with Gasteiger partial charge in [-0.15, -0.1) is 0 Å². The maximum Gasteiger partial charge on any atom is 0.229 e. The second kappa shape index (κ2) is 9.44. The Balaban J connectivity index is 1.61. The highest BCUT2D eigenvalue weighted by Crippen LogP contribution is 2.17. The van der Waals surface area contributed by atoms with Gasteiger partial charge in [0.25, 0.3) is 0 Å². The summed E-state index contributed by atoms with van der Waals surface area (Å²) in [5.74, 6) is 0.364. The minimum atomic E-state index is -0.329. The number of guanidine groups is 1. The van der Waals surface area contributed by atoms with Crippen LogP contribution in [0.2, 0.25) is 0 Å². The first kappa shape index (κ1) is 21.3. The molecule has 3 N–H and O–H groups in total. The minimum absolute atomic E-state index is 0.171. The summed E-state index contributed by atoms with van der Waals surface area (Å²) in [7, 11) is 0. The second-order valence-electron chi connectivity index (χ2n) is 7.04. The van der Waals surface area contributed by atoms with Crippen molar-refractivity contribution in [3.63, 3.8) is 0 Å². The highest BCUT2D eigenvalue weighted by molar-refractivity contribution is 7.80. The van der Waals surface area contributed by atoms with Crippen molar-refractivity contribution in [1.82, 2.24) is 15.0 Å². The van der Waals surface area contributed by atoms with Gasteiger partial charge < -0.3 is 10.6 Å². The summed E-state index contributed by atoms with van der Waals surface area (Å²) in [6, 6.07) is 17.5. The van der Waals surface area contributed by atoms with Crippen molar-refractivity contribution in [3.8, 4) is 0 Å². The first-order valence-corrected chi connectivity index (χ1v) is 10.2. The van der Waals surface area contributed by atoms with Gasteiger partial charge in [0, 0.05) is 22.5 Å². The summed E-state index contributed by atoms with van der Waals surface area (Å²) in [5.41, 5.74) is 3.85. The molecule has 0 aliphatic rings. The molecule has 0 atom stereocenters. The molecule has 2 aromatic heterocycles. The number of para-hydroxylation sites is 1. The molecule has 0 unspecified atom stereocenters. The number of nitrogens with zero attached hydrogens (tertiary/aromatic N) is 4. The van der Waals surface area contributed by atoms with Crippen molar-refractivity contribution < 1.29 is 4.39 Å². The normalized spacial score (nSPS) is 11.3.